The lowest BCUT2D eigenvalue weighted by molar-refractivity contribution is -0.192. The quantitative estimate of drug-likeness (QED) is 0.180. The van der Waals surface area contributed by atoms with Crippen LogP contribution in [0.15, 0.2) is 60.7 Å². The van der Waals surface area contributed by atoms with E-state index in [1.54, 1.807) is 6.92 Å². The summed E-state index contributed by atoms with van der Waals surface area (Å²) in [7, 11) is 2.88. The maximum Gasteiger partial charge on any atom is 0.373 e. The molecule has 1 amide bonds. The Bertz CT molecular complexity index is 1170. The summed E-state index contributed by atoms with van der Waals surface area (Å²) in [6.07, 6.45) is 1.58. The van der Waals surface area contributed by atoms with E-state index in [0.717, 1.165) is 17.0 Å². The van der Waals surface area contributed by atoms with E-state index in [1.165, 1.54) is 19.7 Å². The Morgan fingerprint density at radius 1 is 0.860 bits per heavy atom. The number of rotatable bonds is 14. The van der Waals surface area contributed by atoms with Crippen molar-refractivity contribution in [3.8, 4) is 0 Å². The maximum absolute atomic E-state index is 12.5. The SMILES string of the molecule is CCOC(=O)[C@@H]1C[C@@H]1COCc1ccccc1.CCOC(=O)[C@]1(C(=O)N(C)OC)C[C@@H]1COCc1ccccc1.O=C=O. The standard InChI is InChI=1S/C17H23NO5.C14H18O3.CO2/c1-4-23-16(20)17(15(19)18(2)21-3)10-14(17)12-22-11-13-8-6-5-7-9-13;1-2-17-14(15)13-8-12(13)10-16-9-11-6-4-3-5-7-11;2-1-3/h5-9,14H,4,10-12H2,1-3H3;3-7,12-13H,2,8-10H2,1H3;/t14-,17-;12-,13-;/m11./s1. The number of amides is 1. The van der Waals surface area contributed by atoms with Gasteiger partial charge in [0.05, 0.1) is 52.7 Å². The Balaban J connectivity index is 0.000000285. The van der Waals surface area contributed by atoms with E-state index in [1.807, 2.05) is 67.6 Å². The molecule has 0 bridgehead atoms. The molecule has 234 valence electrons. The van der Waals surface area contributed by atoms with E-state index in [9.17, 15) is 14.4 Å². The molecule has 0 aromatic heterocycles. The molecular formula is C32H41NO10. The van der Waals surface area contributed by atoms with Crippen LogP contribution in [0.25, 0.3) is 0 Å². The first-order valence-corrected chi connectivity index (χ1v) is 14.2. The van der Waals surface area contributed by atoms with Crippen molar-refractivity contribution in [1.29, 1.82) is 0 Å². The van der Waals surface area contributed by atoms with Gasteiger partial charge < -0.3 is 18.9 Å². The van der Waals surface area contributed by atoms with Gasteiger partial charge in [0.15, 0.2) is 5.41 Å². The molecule has 0 heterocycles. The number of hydrogen-bond acceptors (Lipinski definition) is 10. The first-order chi connectivity index (χ1) is 20.8. The van der Waals surface area contributed by atoms with Gasteiger partial charge in [-0.25, -0.2) is 5.06 Å². The van der Waals surface area contributed by atoms with Crippen LogP contribution >= 0.6 is 0 Å². The predicted molar refractivity (Wildman–Crippen MR) is 152 cm³/mol. The van der Waals surface area contributed by atoms with Crippen LogP contribution in [0.2, 0.25) is 0 Å². The maximum atomic E-state index is 12.5. The van der Waals surface area contributed by atoms with E-state index >= 15 is 0 Å². The molecule has 0 radical (unpaired) electrons. The highest BCUT2D eigenvalue weighted by atomic mass is 16.7. The molecule has 2 aliphatic carbocycles. The molecule has 0 unspecified atom stereocenters. The van der Waals surface area contributed by atoms with Gasteiger partial charge in [-0.3, -0.25) is 19.2 Å². The number of benzene rings is 2. The van der Waals surface area contributed by atoms with Gasteiger partial charge in [-0.15, -0.1) is 0 Å². The Morgan fingerprint density at radius 2 is 1.37 bits per heavy atom. The van der Waals surface area contributed by atoms with Gasteiger partial charge in [0.2, 0.25) is 0 Å². The van der Waals surface area contributed by atoms with Crippen LogP contribution in [-0.4, -0.2) is 69.6 Å². The molecule has 11 nitrogen and oxygen atoms in total. The summed E-state index contributed by atoms with van der Waals surface area (Å²) in [5.74, 6) is -0.700. The van der Waals surface area contributed by atoms with Crippen LogP contribution in [0.1, 0.15) is 37.8 Å². The largest absolute Gasteiger partial charge is 0.466 e. The zero-order valence-corrected chi connectivity index (χ0v) is 25.2. The van der Waals surface area contributed by atoms with Gasteiger partial charge in [0.1, 0.15) is 0 Å². The molecule has 4 atom stereocenters. The minimum atomic E-state index is -1.17. The fourth-order valence-corrected chi connectivity index (χ4v) is 4.52. The summed E-state index contributed by atoms with van der Waals surface area (Å²) in [6.45, 7) is 6.31. The van der Waals surface area contributed by atoms with Gasteiger partial charge in [-0.05, 0) is 43.7 Å². The molecule has 0 aliphatic heterocycles. The second kappa shape index (κ2) is 18.6. The third-order valence-electron chi connectivity index (χ3n) is 7.07. The smallest absolute Gasteiger partial charge is 0.373 e. The summed E-state index contributed by atoms with van der Waals surface area (Å²) < 4.78 is 21.3. The first kappa shape index (κ1) is 35.3. The average molecular weight is 600 g/mol. The first-order valence-electron chi connectivity index (χ1n) is 14.2. The zero-order valence-electron chi connectivity index (χ0n) is 25.2. The summed E-state index contributed by atoms with van der Waals surface area (Å²) in [6, 6.07) is 19.8. The van der Waals surface area contributed by atoms with Crippen LogP contribution in [-0.2, 0) is 61.0 Å². The average Bonchev–Trinajstić information content (AvgIpc) is 3.94. The van der Waals surface area contributed by atoms with E-state index in [-0.39, 0.29) is 36.5 Å². The van der Waals surface area contributed by atoms with Crippen LogP contribution in [0.5, 0.6) is 0 Å². The molecule has 2 fully saturated rings. The molecule has 0 N–H and O–H groups in total. The molecule has 2 aromatic carbocycles. The summed E-state index contributed by atoms with van der Waals surface area (Å²) in [4.78, 5) is 57.3. The molecule has 11 heteroatoms. The zero-order chi connectivity index (χ0) is 31.7. The van der Waals surface area contributed by atoms with Crippen molar-refractivity contribution in [2.24, 2.45) is 23.2 Å². The van der Waals surface area contributed by atoms with Crippen molar-refractivity contribution in [3.63, 3.8) is 0 Å². The lowest BCUT2D eigenvalue weighted by Gasteiger charge is -2.21. The molecule has 2 aliphatic rings. The van der Waals surface area contributed by atoms with E-state index < -0.39 is 11.4 Å². The monoisotopic (exact) mass is 599 g/mol. The second-order valence-corrected chi connectivity index (χ2v) is 10.0. The predicted octanol–water partition coefficient (Wildman–Crippen LogP) is 3.61. The third-order valence-corrected chi connectivity index (χ3v) is 7.07. The van der Waals surface area contributed by atoms with Crippen LogP contribution < -0.4 is 0 Å². The van der Waals surface area contributed by atoms with Gasteiger partial charge in [0, 0.05) is 13.0 Å². The summed E-state index contributed by atoms with van der Waals surface area (Å²) in [5.41, 5.74) is 1.05. The fraction of sp³-hybridized carbons (Fsp3) is 0.500. The molecule has 0 saturated heterocycles. The normalized spacial score (nSPS) is 21.0. The van der Waals surface area contributed by atoms with Crippen molar-refractivity contribution >= 4 is 24.0 Å². The molecule has 4 rings (SSSR count). The van der Waals surface area contributed by atoms with Crippen LogP contribution in [0.3, 0.4) is 0 Å². The highest BCUT2D eigenvalue weighted by Gasteiger charge is 2.68. The lowest BCUT2D eigenvalue weighted by atomic mass is 10.0. The van der Waals surface area contributed by atoms with Crippen LogP contribution in [0.4, 0.5) is 0 Å². The number of carbonyl (C=O) groups is 3. The van der Waals surface area contributed by atoms with E-state index in [2.05, 4.69) is 0 Å². The van der Waals surface area contributed by atoms with Gasteiger partial charge in [-0.1, -0.05) is 60.7 Å². The van der Waals surface area contributed by atoms with Gasteiger partial charge >= 0.3 is 18.1 Å². The molecule has 43 heavy (non-hydrogen) atoms. The number of carbonyl (C=O) groups excluding carboxylic acids is 5. The summed E-state index contributed by atoms with van der Waals surface area (Å²) in [5, 5.41) is 1.08. The Hall–Kier alpha value is -3.89. The van der Waals surface area contributed by atoms with Gasteiger partial charge in [0.25, 0.3) is 5.91 Å². The minimum Gasteiger partial charge on any atom is -0.466 e. The Labute approximate surface area is 252 Å². The van der Waals surface area contributed by atoms with E-state index in [0.29, 0.717) is 45.4 Å². The molecule has 2 saturated carbocycles. The van der Waals surface area contributed by atoms with E-state index in [4.69, 9.17) is 33.4 Å². The van der Waals surface area contributed by atoms with Crippen molar-refractivity contribution in [2.45, 2.75) is 39.9 Å². The highest BCUT2D eigenvalue weighted by Crippen LogP contribution is 2.55. The molecule has 0 spiro atoms. The van der Waals surface area contributed by atoms with Gasteiger partial charge in [-0.2, -0.15) is 9.59 Å². The fourth-order valence-electron chi connectivity index (χ4n) is 4.52. The topological polar surface area (TPSA) is 135 Å². The summed E-state index contributed by atoms with van der Waals surface area (Å²) >= 11 is 0. The second-order valence-electron chi connectivity index (χ2n) is 10.0. The number of ether oxygens (including phenoxy) is 4. The lowest BCUT2D eigenvalue weighted by Crippen LogP contribution is -2.40. The highest BCUT2D eigenvalue weighted by molar-refractivity contribution is 6.05. The number of hydroxylamine groups is 2. The van der Waals surface area contributed by atoms with Crippen molar-refractivity contribution in [2.75, 3.05) is 40.6 Å². The molecule has 2 aromatic rings. The Kier molecular flexibility index (Phi) is 15.3. The van der Waals surface area contributed by atoms with Crippen molar-refractivity contribution < 1.29 is 47.8 Å². The third kappa shape index (κ3) is 11.0. The Morgan fingerprint density at radius 3 is 1.86 bits per heavy atom. The number of hydrogen-bond donors (Lipinski definition) is 0. The van der Waals surface area contributed by atoms with Crippen LogP contribution in [0, 0.1) is 23.2 Å². The van der Waals surface area contributed by atoms with Crippen molar-refractivity contribution in [3.05, 3.63) is 71.8 Å². The molecular weight excluding hydrogens is 558 g/mol. The number of nitrogens with zero attached hydrogens (tertiary/aromatic N) is 1. The van der Waals surface area contributed by atoms with Crippen molar-refractivity contribution in [1.82, 2.24) is 5.06 Å². The minimum absolute atomic E-state index is 0.0687. The number of esters is 2.